The fraction of sp³-hybridized carbons (Fsp3) is 0.529. The first kappa shape index (κ1) is 36.0. The molecule has 1 fully saturated rings. The van der Waals surface area contributed by atoms with Gasteiger partial charge >= 0.3 is 12.1 Å². The van der Waals surface area contributed by atoms with Crippen molar-refractivity contribution in [1.29, 1.82) is 0 Å². The van der Waals surface area contributed by atoms with Gasteiger partial charge < -0.3 is 31.1 Å². The maximum atomic E-state index is 14.0. The van der Waals surface area contributed by atoms with Crippen LogP contribution in [0.1, 0.15) is 78.2 Å². The van der Waals surface area contributed by atoms with Gasteiger partial charge in [-0.2, -0.15) is 0 Å². The Labute approximate surface area is 269 Å². The number of carbonyl (C=O) groups is 6. The monoisotopic (exact) mass is 638 g/mol. The molecule has 0 bridgehead atoms. The number of benzene rings is 2. The number of ketones is 1. The van der Waals surface area contributed by atoms with E-state index in [2.05, 4.69) is 16.0 Å². The molecular formula is C34H46N4O8. The standard InChI is InChI=1S/C34H46N4O8/c1-5-12-25(29(41)32(44)35-20-27(39)40)36-30(42)26(19-23-17-11-16-21-13-9-10-18-24(21)23)37-31(43)28(22-14-7-6-8-15-22)38-33(45)46-34(2,3)4/h9-11,13,16-18,22,25-26,28H,5-8,12,14-15,19-20H2,1-4H3,(H,35,44)(H,36,42)(H,37,43)(H,38,45)(H,39,40)/t25?,26-,28-/m0/s1. The molecule has 1 saturated carbocycles. The van der Waals surface area contributed by atoms with E-state index in [-0.39, 0.29) is 18.8 Å². The lowest BCUT2D eigenvalue weighted by molar-refractivity contribution is -0.143. The first-order valence-electron chi connectivity index (χ1n) is 15.9. The predicted molar refractivity (Wildman–Crippen MR) is 172 cm³/mol. The fourth-order valence-corrected chi connectivity index (χ4v) is 5.69. The van der Waals surface area contributed by atoms with Crippen LogP contribution in [0.3, 0.4) is 0 Å². The number of ether oxygens (including phenoxy) is 1. The van der Waals surface area contributed by atoms with E-state index < -0.39 is 65.8 Å². The minimum Gasteiger partial charge on any atom is -0.480 e. The van der Waals surface area contributed by atoms with Crippen LogP contribution in [0.15, 0.2) is 42.5 Å². The second kappa shape index (κ2) is 16.7. The number of rotatable bonds is 14. The summed E-state index contributed by atoms with van der Waals surface area (Å²) >= 11 is 0. The van der Waals surface area contributed by atoms with Crippen molar-refractivity contribution in [3.63, 3.8) is 0 Å². The molecule has 3 rings (SSSR count). The van der Waals surface area contributed by atoms with E-state index >= 15 is 0 Å². The van der Waals surface area contributed by atoms with Gasteiger partial charge in [0.25, 0.3) is 5.91 Å². The van der Waals surface area contributed by atoms with E-state index in [0.717, 1.165) is 35.6 Å². The van der Waals surface area contributed by atoms with Crippen LogP contribution in [0.4, 0.5) is 4.79 Å². The maximum absolute atomic E-state index is 14.0. The highest BCUT2D eigenvalue weighted by Crippen LogP contribution is 2.27. The first-order chi connectivity index (χ1) is 21.8. The summed E-state index contributed by atoms with van der Waals surface area (Å²) in [4.78, 5) is 76.9. The zero-order valence-electron chi connectivity index (χ0n) is 27.0. The molecule has 0 heterocycles. The normalized spacial score (nSPS) is 15.6. The maximum Gasteiger partial charge on any atom is 0.408 e. The van der Waals surface area contributed by atoms with Crippen LogP contribution < -0.4 is 21.3 Å². The number of fused-ring (bicyclic) bond motifs is 1. The van der Waals surface area contributed by atoms with E-state index in [4.69, 9.17) is 9.84 Å². The van der Waals surface area contributed by atoms with Crippen LogP contribution in [0, 0.1) is 5.92 Å². The van der Waals surface area contributed by atoms with Crippen LogP contribution in [-0.2, 0) is 35.1 Å². The summed E-state index contributed by atoms with van der Waals surface area (Å²) in [5, 5.41) is 20.9. The van der Waals surface area contributed by atoms with Crippen molar-refractivity contribution in [3.8, 4) is 0 Å². The Morgan fingerprint density at radius 3 is 2.17 bits per heavy atom. The SMILES string of the molecule is CCCC(NC(=O)[C@H](Cc1cccc2ccccc12)NC(=O)[C@@H](NC(=O)OC(C)(C)C)C1CCCCC1)C(=O)C(=O)NCC(=O)O. The van der Waals surface area contributed by atoms with Crippen molar-refractivity contribution >= 4 is 46.3 Å². The molecule has 5 N–H and O–H groups in total. The number of carboxylic acid groups (broad SMARTS) is 1. The number of hydrogen-bond acceptors (Lipinski definition) is 7. The van der Waals surface area contributed by atoms with Gasteiger partial charge in [0.1, 0.15) is 24.2 Å². The Kier molecular flexibility index (Phi) is 13.1. The van der Waals surface area contributed by atoms with Gasteiger partial charge in [0.05, 0.1) is 6.04 Å². The smallest absolute Gasteiger partial charge is 0.408 e. The minimum atomic E-state index is -1.32. The molecule has 0 aliphatic heterocycles. The van der Waals surface area contributed by atoms with E-state index in [9.17, 15) is 28.8 Å². The second-order valence-corrected chi connectivity index (χ2v) is 12.7. The summed E-state index contributed by atoms with van der Waals surface area (Å²) in [6.45, 7) is 6.20. The molecule has 2 aromatic rings. The number of nitrogens with one attached hydrogen (secondary N) is 4. The third kappa shape index (κ3) is 10.8. The number of aliphatic carboxylic acids is 1. The summed E-state index contributed by atoms with van der Waals surface area (Å²) in [6, 6.07) is 9.84. The van der Waals surface area contributed by atoms with Crippen LogP contribution in [0.25, 0.3) is 10.8 Å². The number of Topliss-reactive ketones (excluding diaryl/α,β-unsaturated/α-hetero) is 1. The number of alkyl carbamates (subject to hydrolysis) is 1. The second-order valence-electron chi connectivity index (χ2n) is 12.7. The van der Waals surface area contributed by atoms with Crippen LogP contribution in [0.5, 0.6) is 0 Å². The molecule has 46 heavy (non-hydrogen) atoms. The average Bonchev–Trinajstić information content (AvgIpc) is 3.01. The highest BCUT2D eigenvalue weighted by Gasteiger charge is 2.36. The Morgan fingerprint density at radius 2 is 1.52 bits per heavy atom. The molecule has 1 unspecified atom stereocenters. The van der Waals surface area contributed by atoms with Crippen molar-refractivity contribution in [1.82, 2.24) is 21.3 Å². The van der Waals surface area contributed by atoms with Gasteiger partial charge in [-0.3, -0.25) is 24.0 Å². The summed E-state index contributed by atoms with van der Waals surface area (Å²) < 4.78 is 5.45. The average molecular weight is 639 g/mol. The molecule has 2 aromatic carbocycles. The van der Waals surface area contributed by atoms with Gasteiger partial charge in [-0.05, 0) is 62.3 Å². The van der Waals surface area contributed by atoms with Gasteiger partial charge in [-0.15, -0.1) is 0 Å². The Balaban J connectivity index is 1.92. The number of carbonyl (C=O) groups excluding carboxylic acids is 5. The van der Waals surface area contributed by atoms with Crippen LogP contribution in [-0.4, -0.2) is 70.9 Å². The van der Waals surface area contributed by atoms with Crippen molar-refractivity contribution < 1.29 is 38.6 Å². The first-order valence-corrected chi connectivity index (χ1v) is 15.9. The molecule has 3 atom stereocenters. The van der Waals surface area contributed by atoms with Crippen molar-refractivity contribution in [2.45, 2.75) is 103 Å². The molecule has 0 spiro atoms. The third-order valence-electron chi connectivity index (χ3n) is 7.85. The number of hydrogen-bond donors (Lipinski definition) is 5. The molecule has 0 saturated heterocycles. The zero-order chi connectivity index (χ0) is 33.9. The molecule has 0 aromatic heterocycles. The van der Waals surface area contributed by atoms with Crippen molar-refractivity contribution in [2.24, 2.45) is 5.92 Å². The number of carboxylic acids is 1. The van der Waals surface area contributed by atoms with Gasteiger partial charge in [-0.1, -0.05) is 75.1 Å². The van der Waals surface area contributed by atoms with Gasteiger partial charge in [0, 0.05) is 6.42 Å². The molecular weight excluding hydrogens is 592 g/mol. The van der Waals surface area contributed by atoms with Crippen molar-refractivity contribution in [2.75, 3.05) is 6.54 Å². The summed E-state index contributed by atoms with van der Waals surface area (Å²) in [5.41, 5.74) is -0.0167. The van der Waals surface area contributed by atoms with Crippen LogP contribution in [0.2, 0.25) is 0 Å². The lowest BCUT2D eigenvalue weighted by Gasteiger charge is -2.32. The summed E-state index contributed by atoms with van der Waals surface area (Å²) in [6.07, 6.45) is 4.12. The molecule has 4 amide bonds. The largest absolute Gasteiger partial charge is 0.480 e. The van der Waals surface area contributed by atoms with E-state index in [0.29, 0.717) is 19.3 Å². The van der Waals surface area contributed by atoms with E-state index in [1.165, 1.54) is 0 Å². The minimum absolute atomic E-state index is 0.0565. The lowest BCUT2D eigenvalue weighted by atomic mass is 9.83. The molecule has 0 radical (unpaired) electrons. The van der Waals surface area contributed by atoms with E-state index in [1.807, 2.05) is 47.8 Å². The van der Waals surface area contributed by atoms with Crippen molar-refractivity contribution in [3.05, 3.63) is 48.0 Å². The highest BCUT2D eigenvalue weighted by atomic mass is 16.6. The fourth-order valence-electron chi connectivity index (χ4n) is 5.69. The third-order valence-corrected chi connectivity index (χ3v) is 7.85. The Morgan fingerprint density at radius 1 is 0.870 bits per heavy atom. The van der Waals surface area contributed by atoms with Crippen LogP contribution >= 0.6 is 0 Å². The zero-order valence-corrected chi connectivity index (χ0v) is 27.0. The lowest BCUT2D eigenvalue weighted by Crippen LogP contribution is -2.59. The topological polar surface area (TPSA) is 180 Å². The Hall–Kier alpha value is -4.48. The molecule has 250 valence electrons. The number of amides is 4. The molecule has 12 heteroatoms. The highest BCUT2D eigenvalue weighted by molar-refractivity contribution is 6.38. The molecule has 1 aliphatic carbocycles. The molecule has 12 nitrogen and oxygen atoms in total. The van der Waals surface area contributed by atoms with Gasteiger partial charge in [0.15, 0.2) is 0 Å². The predicted octanol–water partition coefficient (Wildman–Crippen LogP) is 3.40. The van der Waals surface area contributed by atoms with Gasteiger partial charge in [-0.25, -0.2) is 4.79 Å². The van der Waals surface area contributed by atoms with Gasteiger partial charge in [0.2, 0.25) is 17.6 Å². The summed E-state index contributed by atoms with van der Waals surface area (Å²) in [7, 11) is 0. The summed E-state index contributed by atoms with van der Waals surface area (Å²) in [5.74, 6) is -4.86. The quantitative estimate of drug-likeness (QED) is 0.195. The molecule has 1 aliphatic rings. The Bertz CT molecular complexity index is 1410. The van der Waals surface area contributed by atoms with E-state index in [1.54, 1.807) is 27.7 Å².